The van der Waals surface area contributed by atoms with Gasteiger partial charge in [-0.05, 0) is 66.6 Å². The molecule has 142 valence electrons. The third-order valence-corrected chi connectivity index (χ3v) is 7.45. The van der Waals surface area contributed by atoms with E-state index in [2.05, 4.69) is 4.98 Å². The summed E-state index contributed by atoms with van der Waals surface area (Å²) in [5.41, 5.74) is 3.12. The number of nitrogens with one attached hydrogen (secondary N) is 1. The first-order valence-electron chi connectivity index (χ1n) is 9.34. The highest BCUT2D eigenvalue weighted by Gasteiger charge is 2.30. The summed E-state index contributed by atoms with van der Waals surface area (Å²) in [7, 11) is -3.46. The summed E-state index contributed by atoms with van der Waals surface area (Å²) in [6.45, 7) is 3.00. The van der Waals surface area contributed by atoms with Crippen molar-refractivity contribution in [3.05, 3.63) is 65.6 Å². The lowest BCUT2D eigenvalue weighted by Crippen LogP contribution is -2.37. The Balaban J connectivity index is 1.51. The van der Waals surface area contributed by atoms with Crippen molar-refractivity contribution in [3.63, 3.8) is 0 Å². The van der Waals surface area contributed by atoms with Gasteiger partial charge in [0, 0.05) is 30.2 Å². The first-order chi connectivity index (χ1) is 13.0. The van der Waals surface area contributed by atoms with Crippen LogP contribution in [0, 0.1) is 5.82 Å². The van der Waals surface area contributed by atoms with Gasteiger partial charge in [0.15, 0.2) is 0 Å². The van der Waals surface area contributed by atoms with Gasteiger partial charge in [-0.3, -0.25) is 0 Å². The van der Waals surface area contributed by atoms with Crippen LogP contribution in [0.4, 0.5) is 4.39 Å². The van der Waals surface area contributed by atoms with Crippen molar-refractivity contribution in [2.24, 2.45) is 0 Å². The molecule has 0 aliphatic carbocycles. The van der Waals surface area contributed by atoms with Gasteiger partial charge in [0.1, 0.15) is 5.82 Å². The van der Waals surface area contributed by atoms with E-state index in [9.17, 15) is 12.8 Å². The van der Waals surface area contributed by atoms with Gasteiger partial charge in [-0.15, -0.1) is 0 Å². The molecule has 0 unspecified atom stereocenters. The molecule has 1 aliphatic heterocycles. The normalized spacial score (nSPS) is 16.8. The number of nitrogens with zero attached hydrogens (tertiary/aromatic N) is 1. The highest BCUT2D eigenvalue weighted by Crippen LogP contribution is 2.35. The minimum atomic E-state index is -3.46. The molecule has 0 radical (unpaired) electrons. The number of aromatic nitrogens is 1. The molecule has 0 saturated carbocycles. The Morgan fingerprint density at radius 2 is 1.81 bits per heavy atom. The second-order valence-corrected chi connectivity index (χ2v) is 9.05. The highest BCUT2D eigenvalue weighted by atomic mass is 32.2. The first kappa shape index (κ1) is 18.2. The number of fused-ring (bicyclic) bond motifs is 1. The van der Waals surface area contributed by atoms with E-state index in [0.29, 0.717) is 18.0 Å². The zero-order chi connectivity index (χ0) is 19.0. The molecule has 1 saturated heterocycles. The maximum atomic E-state index is 13.6. The molecule has 4 rings (SSSR count). The third kappa shape index (κ3) is 3.39. The van der Waals surface area contributed by atoms with Crippen LogP contribution in [0.2, 0.25) is 0 Å². The fraction of sp³-hybridized carbons (Fsp3) is 0.333. The molecule has 1 fully saturated rings. The molecule has 1 aromatic heterocycles. The maximum Gasteiger partial charge on any atom is 0.243 e. The maximum absolute atomic E-state index is 13.6. The van der Waals surface area contributed by atoms with Crippen LogP contribution in [-0.4, -0.2) is 30.8 Å². The Morgan fingerprint density at radius 3 is 2.48 bits per heavy atom. The average molecular weight is 386 g/mol. The number of hydrogen-bond acceptors (Lipinski definition) is 2. The minimum Gasteiger partial charge on any atom is -0.361 e. The molecule has 1 aliphatic rings. The van der Waals surface area contributed by atoms with Crippen LogP contribution in [0.5, 0.6) is 0 Å². The molecule has 27 heavy (non-hydrogen) atoms. The number of aryl methyl sites for hydroxylation is 1. The fourth-order valence-corrected chi connectivity index (χ4v) is 5.38. The van der Waals surface area contributed by atoms with E-state index < -0.39 is 10.0 Å². The minimum absolute atomic E-state index is 0.231. The van der Waals surface area contributed by atoms with Crippen molar-refractivity contribution in [2.45, 2.75) is 37.0 Å². The molecule has 3 aromatic rings. The van der Waals surface area contributed by atoms with Crippen LogP contribution in [0.25, 0.3) is 10.9 Å². The Morgan fingerprint density at radius 1 is 1.11 bits per heavy atom. The fourth-order valence-electron chi connectivity index (χ4n) is 3.91. The van der Waals surface area contributed by atoms with Gasteiger partial charge in [0.05, 0.1) is 4.90 Å². The zero-order valence-corrected chi connectivity index (χ0v) is 16.1. The molecule has 1 N–H and O–H groups in total. The second-order valence-electron chi connectivity index (χ2n) is 7.11. The van der Waals surface area contributed by atoms with Crippen LogP contribution in [0.3, 0.4) is 0 Å². The molecule has 2 aromatic carbocycles. The number of hydrogen-bond donors (Lipinski definition) is 1. The molecule has 0 spiro atoms. The molecule has 0 atom stereocenters. The summed E-state index contributed by atoms with van der Waals surface area (Å²) in [5.74, 6) is -0.0200. The van der Waals surface area contributed by atoms with E-state index in [-0.39, 0.29) is 11.7 Å². The summed E-state index contributed by atoms with van der Waals surface area (Å²) < 4.78 is 41.0. The molecule has 4 nitrogen and oxygen atoms in total. The lowest BCUT2D eigenvalue weighted by atomic mass is 9.90. The van der Waals surface area contributed by atoms with Crippen molar-refractivity contribution >= 4 is 20.9 Å². The lowest BCUT2D eigenvalue weighted by Gasteiger charge is -2.31. The van der Waals surface area contributed by atoms with E-state index in [1.807, 2.05) is 25.3 Å². The topological polar surface area (TPSA) is 53.2 Å². The molecular weight excluding hydrogens is 363 g/mol. The van der Waals surface area contributed by atoms with Crippen molar-refractivity contribution in [1.82, 2.24) is 9.29 Å². The predicted molar refractivity (Wildman–Crippen MR) is 105 cm³/mol. The monoisotopic (exact) mass is 386 g/mol. The van der Waals surface area contributed by atoms with E-state index >= 15 is 0 Å². The Hall–Kier alpha value is -2.18. The van der Waals surface area contributed by atoms with Crippen molar-refractivity contribution < 1.29 is 12.8 Å². The SMILES string of the molecule is CCc1ccc(S(=O)(=O)N2CCC(c3c[nH]c4ccc(F)cc34)CC2)cc1. The number of sulfonamides is 1. The Bertz CT molecular complexity index is 1050. The van der Waals surface area contributed by atoms with Crippen molar-refractivity contribution in [3.8, 4) is 0 Å². The quantitative estimate of drug-likeness (QED) is 0.721. The molecule has 6 heteroatoms. The number of rotatable bonds is 4. The molecule has 0 amide bonds. The largest absolute Gasteiger partial charge is 0.361 e. The summed E-state index contributed by atoms with van der Waals surface area (Å²) in [6, 6.07) is 11.9. The molecular formula is C21H23FN2O2S. The van der Waals surface area contributed by atoms with Gasteiger partial charge in [0.2, 0.25) is 10.0 Å². The predicted octanol–water partition coefficient (Wildman–Crippen LogP) is 4.44. The van der Waals surface area contributed by atoms with E-state index in [4.69, 9.17) is 0 Å². The summed E-state index contributed by atoms with van der Waals surface area (Å²) in [4.78, 5) is 3.55. The Labute approximate surface area is 159 Å². The van der Waals surface area contributed by atoms with Crippen LogP contribution in [-0.2, 0) is 16.4 Å². The van der Waals surface area contributed by atoms with Gasteiger partial charge in [0.25, 0.3) is 0 Å². The number of H-pyrrole nitrogens is 1. The van der Waals surface area contributed by atoms with Gasteiger partial charge >= 0.3 is 0 Å². The van der Waals surface area contributed by atoms with Crippen LogP contribution >= 0.6 is 0 Å². The van der Waals surface area contributed by atoms with Crippen LogP contribution < -0.4 is 0 Å². The van der Waals surface area contributed by atoms with E-state index in [1.165, 1.54) is 6.07 Å². The number of piperidine rings is 1. The summed E-state index contributed by atoms with van der Waals surface area (Å²) in [5, 5.41) is 0.895. The van der Waals surface area contributed by atoms with Gasteiger partial charge in [-0.1, -0.05) is 19.1 Å². The summed E-state index contributed by atoms with van der Waals surface area (Å²) in [6.07, 6.45) is 4.28. The lowest BCUT2D eigenvalue weighted by molar-refractivity contribution is 0.320. The first-order valence-corrected chi connectivity index (χ1v) is 10.8. The number of benzene rings is 2. The average Bonchev–Trinajstić information content (AvgIpc) is 3.11. The van der Waals surface area contributed by atoms with Gasteiger partial charge < -0.3 is 4.98 Å². The summed E-state index contributed by atoms with van der Waals surface area (Å²) >= 11 is 0. The Kier molecular flexibility index (Phi) is 4.78. The second kappa shape index (κ2) is 7.09. The van der Waals surface area contributed by atoms with E-state index in [0.717, 1.165) is 41.3 Å². The van der Waals surface area contributed by atoms with E-state index in [1.54, 1.807) is 28.6 Å². The van der Waals surface area contributed by atoms with Crippen molar-refractivity contribution in [1.29, 1.82) is 0 Å². The zero-order valence-electron chi connectivity index (χ0n) is 15.3. The van der Waals surface area contributed by atoms with Gasteiger partial charge in [-0.25, -0.2) is 12.8 Å². The molecule has 0 bridgehead atoms. The smallest absolute Gasteiger partial charge is 0.243 e. The highest BCUT2D eigenvalue weighted by molar-refractivity contribution is 7.89. The van der Waals surface area contributed by atoms with Crippen LogP contribution in [0.1, 0.15) is 36.8 Å². The molecule has 2 heterocycles. The van der Waals surface area contributed by atoms with Gasteiger partial charge in [-0.2, -0.15) is 4.31 Å². The van der Waals surface area contributed by atoms with Crippen molar-refractivity contribution in [2.75, 3.05) is 13.1 Å². The number of halogens is 1. The number of aromatic amines is 1. The standard InChI is InChI=1S/C21H23FN2O2S/c1-2-15-3-6-18(7-4-15)27(25,26)24-11-9-16(10-12-24)20-14-23-21-8-5-17(22)13-19(20)21/h3-8,13-14,16,23H,2,9-12H2,1H3. The third-order valence-electron chi connectivity index (χ3n) is 5.54. The van der Waals surface area contributed by atoms with Crippen LogP contribution in [0.15, 0.2) is 53.6 Å².